The minimum atomic E-state index is -3.86. The fourth-order valence-electron chi connectivity index (χ4n) is 1.88. The molecule has 1 aliphatic rings. The third-order valence-corrected chi connectivity index (χ3v) is 4.85. The molecule has 1 fully saturated rings. The molecule has 0 bridgehead atoms. The number of carbonyl (C=O) groups excluding carboxylic acids is 1. The zero-order valence-electron chi connectivity index (χ0n) is 10.5. The van der Waals surface area contributed by atoms with Gasteiger partial charge >= 0.3 is 0 Å². The molecule has 0 radical (unpaired) electrons. The lowest BCUT2D eigenvalue weighted by Gasteiger charge is -2.15. The van der Waals surface area contributed by atoms with Crippen molar-refractivity contribution in [1.82, 2.24) is 19.2 Å². The summed E-state index contributed by atoms with van der Waals surface area (Å²) in [5.74, 6) is -0.229. The van der Waals surface area contributed by atoms with E-state index in [1.165, 1.54) is 10.9 Å². The maximum absolute atomic E-state index is 11.9. The molecule has 0 unspecified atom stereocenters. The smallest absolute Gasteiger partial charge is 0.261 e. The molecule has 2 rings (SSSR count). The van der Waals surface area contributed by atoms with E-state index in [0.29, 0.717) is 13.1 Å². The van der Waals surface area contributed by atoms with Gasteiger partial charge in [0.05, 0.1) is 12.9 Å². The average Bonchev–Trinajstić information content (AvgIpc) is 2.98. The van der Waals surface area contributed by atoms with Crippen molar-refractivity contribution < 1.29 is 13.2 Å². The van der Waals surface area contributed by atoms with Crippen molar-refractivity contribution in [2.24, 2.45) is 7.05 Å². The summed E-state index contributed by atoms with van der Waals surface area (Å²) in [4.78, 5) is 17.1. The van der Waals surface area contributed by atoms with Gasteiger partial charge in [0, 0.05) is 20.1 Å². The number of imidazole rings is 1. The Kier molecular flexibility index (Phi) is 4.12. The average molecular weight is 307 g/mol. The minimum absolute atomic E-state index is 0.0149. The van der Waals surface area contributed by atoms with Crippen molar-refractivity contribution in [3.63, 3.8) is 0 Å². The summed E-state index contributed by atoms with van der Waals surface area (Å²) in [5, 5.41) is -0.244. The predicted molar refractivity (Wildman–Crippen MR) is 69.2 cm³/mol. The first-order valence-electron chi connectivity index (χ1n) is 5.86. The molecule has 7 nitrogen and oxygen atoms in total. The minimum Gasteiger partial charge on any atom is -0.342 e. The van der Waals surface area contributed by atoms with E-state index in [1.807, 2.05) is 0 Å². The van der Waals surface area contributed by atoms with Gasteiger partial charge in [0.1, 0.15) is 5.15 Å². The number of rotatable bonds is 4. The summed E-state index contributed by atoms with van der Waals surface area (Å²) in [6.07, 6.45) is 3.23. The zero-order valence-corrected chi connectivity index (χ0v) is 12.0. The summed E-state index contributed by atoms with van der Waals surface area (Å²) in [5.41, 5.74) is 0. The van der Waals surface area contributed by atoms with Crippen molar-refractivity contribution in [2.45, 2.75) is 17.9 Å². The lowest BCUT2D eigenvalue weighted by molar-refractivity contribution is -0.128. The van der Waals surface area contributed by atoms with Gasteiger partial charge in [-0.2, -0.15) is 0 Å². The van der Waals surface area contributed by atoms with Gasteiger partial charge in [-0.1, -0.05) is 11.6 Å². The van der Waals surface area contributed by atoms with Crippen LogP contribution in [0.5, 0.6) is 0 Å². The van der Waals surface area contributed by atoms with Crippen LogP contribution in [0.15, 0.2) is 11.4 Å². The van der Waals surface area contributed by atoms with Crippen LogP contribution in [-0.2, 0) is 21.9 Å². The molecule has 1 saturated heterocycles. The van der Waals surface area contributed by atoms with Crippen LogP contribution in [0.3, 0.4) is 0 Å². The van der Waals surface area contributed by atoms with Crippen molar-refractivity contribution in [1.29, 1.82) is 0 Å². The number of halogens is 1. The van der Waals surface area contributed by atoms with Crippen molar-refractivity contribution in [3.8, 4) is 0 Å². The molecular formula is C10H15ClN4O3S. The molecule has 0 aliphatic carbocycles. The Balaban J connectivity index is 2.02. The third-order valence-electron chi connectivity index (χ3n) is 2.96. The lowest BCUT2D eigenvalue weighted by Crippen LogP contribution is -2.38. The second-order valence-electron chi connectivity index (χ2n) is 4.36. The third kappa shape index (κ3) is 3.07. The highest BCUT2D eigenvalue weighted by Gasteiger charge is 2.25. The van der Waals surface area contributed by atoms with E-state index in [1.54, 1.807) is 11.9 Å². The second kappa shape index (κ2) is 5.48. The summed E-state index contributed by atoms with van der Waals surface area (Å²) >= 11 is 5.82. The highest BCUT2D eigenvalue weighted by Crippen LogP contribution is 2.18. The Morgan fingerprint density at radius 2 is 2.11 bits per heavy atom. The lowest BCUT2D eigenvalue weighted by atomic mass is 10.4. The molecule has 1 N–H and O–H groups in total. The Hall–Kier alpha value is -1.12. The van der Waals surface area contributed by atoms with Gasteiger partial charge < -0.3 is 9.47 Å². The van der Waals surface area contributed by atoms with Crippen LogP contribution in [0, 0.1) is 0 Å². The van der Waals surface area contributed by atoms with Gasteiger partial charge in [-0.15, -0.1) is 0 Å². The summed E-state index contributed by atoms with van der Waals surface area (Å²) in [6.45, 7) is 1.10. The second-order valence-corrected chi connectivity index (χ2v) is 6.40. The first-order valence-corrected chi connectivity index (χ1v) is 7.72. The number of aryl methyl sites for hydroxylation is 1. The number of aromatic nitrogens is 2. The van der Waals surface area contributed by atoms with Crippen molar-refractivity contribution in [3.05, 3.63) is 11.5 Å². The molecule has 1 amide bonds. The fourth-order valence-corrected chi connectivity index (χ4v) is 3.28. The van der Waals surface area contributed by atoms with Gasteiger partial charge in [-0.25, -0.2) is 18.1 Å². The number of sulfonamides is 1. The Morgan fingerprint density at radius 1 is 1.47 bits per heavy atom. The molecule has 0 aromatic carbocycles. The van der Waals surface area contributed by atoms with Crippen LogP contribution in [-0.4, -0.2) is 48.4 Å². The number of nitrogens with one attached hydrogen (secondary N) is 1. The molecule has 0 saturated carbocycles. The number of hydrogen-bond donors (Lipinski definition) is 1. The van der Waals surface area contributed by atoms with Crippen LogP contribution < -0.4 is 4.72 Å². The molecule has 19 heavy (non-hydrogen) atoms. The Morgan fingerprint density at radius 3 is 2.63 bits per heavy atom. The van der Waals surface area contributed by atoms with E-state index in [-0.39, 0.29) is 22.6 Å². The first-order chi connectivity index (χ1) is 8.92. The summed E-state index contributed by atoms with van der Waals surface area (Å²) in [7, 11) is -2.27. The van der Waals surface area contributed by atoms with E-state index >= 15 is 0 Å². The Labute approximate surface area is 116 Å². The summed E-state index contributed by atoms with van der Waals surface area (Å²) < 4.78 is 27.5. The van der Waals surface area contributed by atoms with Crippen LogP contribution in [0.4, 0.5) is 0 Å². The molecule has 1 aromatic heterocycles. The van der Waals surface area contributed by atoms with Crippen LogP contribution in [0.25, 0.3) is 0 Å². The van der Waals surface area contributed by atoms with E-state index < -0.39 is 10.0 Å². The number of carbonyl (C=O) groups is 1. The molecular weight excluding hydrogens is 292 g/mol. The SMILES string of the molecule is Cn1cnc(S(=O)(=O)NCC(=O)N2CCCC2)c1Cl. The number of hydrogen-bond acceptors (Lipinski definition) is 4. The molecule has 2 heterocycles. The topological polar surface area (TPSA) is 84.3 Å². The maximum atomic E-state index is 11.9. The Bertz CT molecular complexity index is 578. The van der Waals surface area contributed by atoms with Gasteiger partial charge in [0.15, 0.2) is 0 Å². The number of likely N-dealkylation sites (tertiary alicyclic amines) is 1. The highest BCUT2D eigenvalue weighted by molar-refractivity contribution is 7.89. The van der Waals surface area contributed by atoms with E-state index in [9.17, 15) is 13.2 Å². The first kappa shape index (κ1) is 14.3. The molecule has 0 spiro atoms. The van der Waals surface area contributed by atoms with E-state index in [4.69, 9.17) is 11.6 Å². The fraction of sp³-hybridized carbons (Fsp3) is 0.600. The van der Waals surface area contributed by atoms with Gasteiger partial charge in [-0.05, 0) is 12.8 Å². The van der Waals surface area contributed by atoms with Crippen LogP contribution in [0.2, 0.25) is 5.15 Å². The highest BCUT2D eigenvalue weighted by atomic mass is 35.5. The van der Waals surface area contributed by atoms with Crippen molar-refractivity contribution in [2.75, 3.05) is 19.6 Å². The quantitative estimate of drug-likeness (QED) is 0.847. The maximum Gasteiger partial charge on any atom is 0.261 e. The van der Waals surface area contributed by atoms with Crippen LogP contribution >= 0.6 is 11.6 Å². The molecule has 0 atom stereocenters. The monoisotopic (exact) mass is 306 g/mol. The normalized spacial score (nSPS) is 16.0. The number of amides is 1. The van der Waals surface area contributed by atoms with Crippen molar-refractivity contribution >= 4 is 27.5 Å². The molecule has 9 heteroatoms. The number of nitrogens with zero attached hydrogens (tertiary/aromatic N) is 3. The van der Waals surface area contributed by atoms with Gasteiger partial charge in [0.2, 0.25) is 10.9 Å². The standard InChI is InChI=1S/C10H15ClN4O3S/c1-14-7-12-10(9(14)11)19(17,18)13-6-8(16)15-4-2-3-5-15/h7,13H,2-6H2,1H3. The van der Waals surface area contributed by atoms with Gasteiger partial charge in [0.25, 0.3) is 10.0 Å². The zero-order chi connectivity index (χ0) is 14.0. The summed E-state index contributed by atoms with van der Waals surface area (Å²) in [6, 6.07) is 0. The molecule has 106 valence electrons. The van der Waals surface area contributed by atoms with E-state index in [2.05, 4.69) is 9.71 Å². The predicted octanol–water partition coefficient (Wildman–Crippen LogP) is -0.0258. The van der Waals surface area contributed by atoms with Crippen LogP contribution in [0.1, 0.15) is 12.8 Å². The molecule has 1 aliphatic heterocycles. The largest absolute Gasteiger partial charge is 0.342 e. The molecule has 1 aromatic rings. The van der Waals surface area contributed by atoms with Gasteiger partial charge in [-0.3, -0.25) is 4.79 Å². The van der Waals surface area contributed by atoms with E-state index in [0.717, 1.165) is 12.8 Å².